The van der Waals surface area contributed by atoms with Gasteiger partial charge in [-0.15, -0.1) is 24.0 Å². The third kappa shape index (κ3) is 4.09. The fourth-order valence-electron chi connectivity index (χ4n) is 1.29. The number of aryl methyl sites for hydroxylation is 1. The van der Waals surface area contributed by atoms with Crippen molar-refractivity contribution < 1.29 is 52.1 Å². The fourth-order valence-corrected chi connectivity index (χ4v) is 2.20. The molecule has 25 heavy (non-hydrogen) atoms. The van der Waals surface area contributed by atoms with Crippen LogP contribution in [-0.4, -0.2) is 31.7 Å². The SMILES string of the molecule is Cc1ccc(OS(=O)(=O)C(F)(F)C(F)(F)C(F)(F)C(F)(F)F)cc1.I. The molecule has 0 aliphatic carbocycles. The van der Waals surface area contributed by atoms with Gasteiger partial charge in [0.15, 0.2) is 0 Å². The maximum Gasteiger partial charge on any atom is 0.460 e. The van der Waals surface area contributed by atoms with Gasteiger partial charge in [-0.05, 0) is 19.1 Å². The van der Waals surface area contributed by atoms with Crippen LogP contribution in [0.2, 0.25) is 0 Å². The number of hydrogen-bond acceptors (Lipinski definition) is 3. The zero-order valence-corrected chi connectivity index (χ0v) is 14.9. The standard InChI is InChI=1S/C11H7F9O3S.HI/c1-6-2-4-7(5-3-6)23-24(21,22)11(19,20)9(14,15)8(12,13)10(16,17)18;/h2-5H,1H3;1H. The highest BCUT2D eigenvalue weighted by molar-refractivity contribution is 14.0. The second kappa shape index (κ2) is 7.00. The first-order valence-corrected chi connectivity index (χ1v) is 7.09. The van der Waals surface area contributed by atoms with Crippen LogP contribution >= 0.6 is 24.0 Å². The van der Waals surface area contributed by atoms with Gasteiger partial charge >= 0.3 is 33.4 Å². The Kier molecular flexibility index (Phi) is 6.74. The second-order valence-electron chi connectivity index (χ2n) is 4.51. The molecule has 1 aromatic carbocycles. The molecule has 0 spiro atoms. The van der Waals surface area contributed by atoms with Gasteiger partial charge in [0.05, 0.1) is 0 Å². The molecule has 1 rings (SSSR count). The first-order chi connectivity index (χ1) is 10.5. The molecule has 0 aromatic heterocycles. The summed E-state index contributed by atoms with van der Waals surface area (Å²) in [5.74, 6) is -15.6. The van der Waals surface area contributed by atoms with Crippen LogP contribution in [0.25, 0.3) is 0 Å². The number of alkyl halides is 9. The van der Waals surface area contributed by atoms with Gasteiger partial charge in [-0.2, -0.15) is 47.9 Å². The van der Waals surface area contributed by atoms with Gasteiger partial charge in [-0.1, -0.05) is 17.7 Å². The molecule has 14 heteroatoms. The van der Waals surface area contributed by atoms with E-state index in [9.17, 15) is 47.9 Å². The summed E-state index contributed by atoms with van der Waals surface area (Å²) in [5.41, 5.74) is 0.459. The number of halogens is 10. The Morgan fingerprint density at radius 2 is 1.20 bits per heavy atom. The molecule has 0 aliphatic heterocycles. The van der Waals surface area contributed by atoms with Crippen molar-refractivity contribution in [2.75, 3.05) is 0 Å². The summed E-state index contributed by atoms with van der Waals surface area (Å²) in [6.07, 6.45) is -7.13. The third-order valence-corrected chi connectivity index (χ3v) is 3.95. The summed E-state index contributed by atoms with van der Waals surface area (Å²) in [6.45, 7) is 1.46. The Morgan fingerprint density at radius 1 is 0.800 bits per heavy atom. The molecule has 3 nitrogen and oxygen atoms in total. The van der Waals surface area contributed by atoms with Crippen LogP contribution in [0.15, 0.2) is 24.3 Å². The molecule has 1 aromatic rings. The lowest BCUT2D eigenvalue weighted by molar-refractivity contribution is -0.382. The quantitative estimate of drug-likeness (QED) is 0.322. The zero-order valence-electron chi connectivity index (χ0n) is 11.8. The molecule has 0 atom stereocenters. The Morgan fingerprint density at radius 3 is 1.56 bits per heavy atom. The van der Waals surface area contributed by atoms with Crippen LogP contribution in [0.3, 0.4) is 0 Å². The van der Waals surface area contributed by atoms with E-state index >= 15 is 0 Å². The van der Waals surface area contributed by atoms with Crippen LogP contribution in [-0.2, 0) is 10.1 Å². The Bertz CT molecular complexity index is 699. The normalized spacial score (nSPS) is 14.0. The minimum atomic E-state index is -7.33. The zero-order chi connectivity index (χ0) is 19.2. The summed E-state index contributed by atoms with van der Waals surface area (Å²) in [7, 11) is -6.89. The molecule has 0 fully saturated rings. The lowest BCUT2D eigenvalue weighted by Gasteiger charge is -2.32. The predicted octanol–water partition coefficient (Wildman–Crippen LogP) is 4.75. The maximum atomic E-state index is 13.3. The van der Waals surface area contributed by atoms with Crippen molar-refractivity contribution in [3.8, 4) is 5.75 Å². The first kappa shape index (κ1) is 24.1. The van der Waals surface area contributed by atoms with E-state index in [1.54, 1.807) is 0 Å². The second-order valence-corrected chi connectivity index (χ2v) is 6.10. The molecule has 0 N–H and O–H groups in total. The lowest BCUT2D eigenvalue weighted by atomic mass is 10.1. The van der Waals surface area contributed by atoms with E-state index in [0.717, 1.165) is 12.1 Å². The van der Waals surface area contributed by atoms with E-state index in [2.05, 4.69) is 4.18 Å². The predicted molar refractivity (Wildman–Crippen MR) is 77.0 cm³/mol. The highest BCUT2D eigenvalue weighted by Crippen LogP contribution is 2.54. The molecular weight excluding hydrogens is 510 g/mol. The van der Waals surface area contributed by atoms with Crippen molar-refractivity contribution in [1.82, 2.24) is 0 Å². The minimum Gasteiger partial charge on any atom is -0.378 e. The van der Waals surface area contributed by atoms with E-state index in [1.807, 2.05) is 0 Å². The van der Waals surface area contributed by atoms with E-state index in [1.165, 1.54) is 6.92 Å². The van der Waals surface area contributed by atoms with Crippen LogP contribution in [0.4, 0.5) is 39.5 Å². The first-order valence-electron chi connectivity index (χ1n) is 5.68. The highest BCUT2D eigenvalue weighted by Gasteiger charge is 2.86. The third-order valence-electron chi connectivity index (χ3n) is 2.66. The molecule has 0 heterocycles. The molecule has 0 aliphatic rings. The fraction of sp³-hybridized carbons (Fsp3) is 0.455. The number of benzene rings is 1. The van der Waals surface area contributed by atoms with E-state index < -0.39 is 39.1 Å². The van der Waals surface area contributed by atoms with E-state index in [-0.39, 0.29) is 24.0 Å². The van der Waals surface area contributed by atoms with Crippen molar-refractivity contribution in [2.24, 2.45) is 0 Å². The molecule has 0 saturated heterocycles. The van der Waals surface area contributed by atoms with Gasteiger partial charge in [-0.3, -0.25) is 0 Å². The number of rotatable bonds is 5. The van der Waals surface area contributed by atoms with Crippen molar-refractivity contribution in [1.29, 1.82) is 0 Å². The molecule has 0 radical (unpaired) electrons. The summed E-state index contributed by atoms with van der Waals surface area (Å²) in [5, 5.41) is -6.87. The summed E-state index contributed by atoms with van der Waals surface area (Å²) < 4.78 is 140. The summed E-state index contributed by atoms with van der Waals surface area (Å²) in [6, 6.07) is 3.60. The van der Waals surface area contributed by atoms with Crippen molar-refractivity contribution in [3.05, 3.63) is 29.8 Å². The van der Waals surface area contributed by atoms with Crippen LogP contribution in [0, 0.1) is 6.92 Å². The van der Waals surface area contributed by atoms with Crippen molar-refractivity contribution >= 4 is 34.1 Å². The van der Waals surface area contributed by atoms with Gasteiger partial charge in [0.25, 0.3) is 0 Å². The average molecular weight is 518 g/mol. The van der Waals surface area contributed by atoms with Gasteiger partial charge in [0.1, 0.15) is 5.75 Å². The van der Waals surface area contributed by atoms with E-state index in [4.69, 9.17) is 0 Å². The molecule has 146 valence electrons. The van der Waals surface area contributed by atoms with Crippen molar-refractivity contribution in [3.63, 3.8) is 0 Å². The van der Waals surface area contributed by atoms with Gasteiger partial charge in [0, 0.05) is 0 Å². The lowest BCUT2D eigenvalue weighted by Crippen LogP contribution is -2.63. The van der Waals surface area contributed by atoms with Gasteiger partial charge < -0.3 is 4.18 Å². The Labute approximate surface area is 152 Å². The summed E-state index contributed by atoms with van der Waals surface area (Å²) >= 11 is 0. The minimum absolute atomic E-state index is 0. The van der Waals surface area contributed by atoms with Crippen molar-refractivity contribution in [2.45, 2.75) is 30.2 Å². The van der Waals surface area contributed by atoms with Gasteiger partial charge in [-0.25, -0.2) is 0 Å². The topological polar surface area (TPSA) is 43.4 Å². The molecule has 0 unspecified atom stereocenters. The number of hydrogen-bond donors (Lipinski definition) is 0. The molecule has 0 amide bonds. The summed E-state index contributed by atoms with van der Waals surface area (Å²) in [4.78, 5) is 0. The maximum absolute atomic E-state index is 13.3. The van der Waals surface area contributed by atoms with E-state index in [0.29, 0.717) is 17.7 Å². The smallest absolute Gasteiger partial charge is 0.378 e. The van der Waals surface area contributed by atoms with Crippen LogP contribution in [0.1, 0.15) is 5.56 Å². The molecular formula is C11H8F9IO3S. The molecule has 0 saturated carbocycles. The van der Waals surface area contributed by atoms with Crippen LogP contribution in [0.5, 0.6) is 5.75 Å². The monoisotopic (exact) mass is 518 g/mol. The Balaban J connectivity index is 0.00000576. The average Bonchev–Trinajstić information content (AvgIpc) is 2.39. The Hall–Kier alpha value is -0.930. The largest absolute Gasteiger partial charge is 0.460 e. The molecule has 0 bridgehead atoms. The van der Waals surface area contributed by atoms with Crippen LogP contribution < -0.4 is 4.18 Å². The van der Waals surface area contributed by atoms with Gasteiger partial charge in [0.2, 0.25) is 0 Å². The highest BCUT2D eigenvalue weighted by atomic mass is 127.